The quantitative estimate of drug-likeness (QED) is 0.736. The van der Waals surface area contributed by atoms with Crippen LogP contribution in [0.2, 0.25) is 0 Å². The zero-order valence-electron chi connectivity index (χ0n) is 17.0. The Hall–Kier alpha value is -1.48. The van der Waals surface area contributed by atoms with Crippen LogP contribution in [0.5, 0.6) is 0 Å². The molecule has 7 nitrogen and oxygen atoms in total. The van der Waals surface area contributed by atoms with Crippen LogP contribution >= 0.6 is 0 Å². The number of carbonyl (C=O) groups excluding carboxylic acids is 1. The van der Waals surface area contributed by atoms with Crippen molar-refractivity contribution in [3.05, 3.63) is 29.8 Å². The summed E-state index contributed by atoms with van der Waals surface area (Å²) >= 11 is 0. The predicted octanol–water partition coefficient (Wildman–Crippen LogP) is 1.53. The second kappa shape index (κ2) is 8.34. The van der Waals surface area contributed by atoms with Gasteiger partial charge in [0.25, 0.3) is 0 Å². The first-order chi connectivity index (χ1) is 14.0. The van der Waals surface area contributed by atoms with Gasteiger partial charge in [0.1, 0.15) is 0 Å². The molecule has 1 aromatic carbocycles. The Bertz CT molecular complexity index is 827. The molecule has 8 heteroatoms. The summed E-state index contributed by atoms with van der Waals surface area (Å²) in [7, 11) is -3.64. The maximum absolute atomic E-state index is 13.4. The zero-order chi connectivity index (χ0) is 20.5. The summed E-state index contributed by atoms with van der Waals surface area (Å²) in [6, 6.07) is 7.09. The molecule has 1 atom stereocenters. The molecule has 3 fully saturated rings. The van der Waals surface area contributed by atoms with Crippen LogP contribution in [0.4, 0.5) is 0 Å². The second-order valence-electron chi connectivity index (χ2n) is 8.26. The standard InChI is InChI=1S/C21H30N2O5S/c1-2-17-3-5-18(6-4-17)29(25,26)23-15-19(20(24)22-9-13-28-14-10-22)21(16-23)7-11-27-12-8-21/h3-6,19H,2,7-16H2,1H3/t19-/m0/s1. The average molecular weight is 423 g/mol. The largest absolute Gasteiger partial charge is 0.381 e. The van der Waals surface area contributed by atoms with Gasteiger partial charge in [0, 0.05) is 44.8 Å². The molecular weight excluding hydrogens is 392 g/mol. The topological polar surface area (TPSA) is 76.2 Å². The molecule has 0 unspecified atom stereocenters. The van der Waals surface area contributed by atoms with E-state index in [4.69, 9.17) is 9.47 Å². The number of sulfonamides is 1. The molecule has 160 valence electrons. The highest BCUT2D eigenvalue weighted by Gasteiger charge is 2.54. The Labute approximate surface area is 173 Å². The Morgan fingerprint density at radius 2 is 1.69 bits per heavy atom. The van der Waals surface area contributed by atoms with Crippen LogP contribution in [-0.2, 0) is 30.7 Å². The Morgan fingerprint density at radius 1 is 1.07 bits per heavy atom. The van der Waals surface area contributed by atoms with Gasteiger partial charge in [-0.05, 0) is 37.0 Å². The number of hydrogen-bond acceptors (Lipinski definition) is 5. The van der Waals surface area contributed by atoms with Crippen molar-refractivity contribution in [1.82, 2.24) is 9.21 Å². The van der Waals surface area contributed by atoms with Crippen molar-refractivity contribution in [2.45, 2.75) is 31.1 Å². The molecule has 0 N–H and O–H groups in total. The molecule has 0 bridgehead atoms. The van der Waals surface area contributed by atoms with E-state index in [1.54, 1.807) is 12.1 Å². The highest BCUT2D eigenvalue weighted by Crippen LogP contribution is 2.46. The molecule has 0 aromatic heterocycles. The Morgan fingerprint density at radius 3 is 2.31 bits per heavy atom. The van der Waals surface area contributed by atoms with Crippen molar-refractivity contribution < 1.29 is 22.7 Å². The molecule has 4 rings (SSSR count). The second-order valence-corrected chi connectivity index (χ2v) is 10.2. The number of carbonyl (C=O) groups is 1. The lowest BCUT2D eigenvalue weighted by Crippen LogP contribution is -2.49. The fraction of sp³-hybridized carbons (Fsp3) is 0.667. The number of rotatable bonds is 4. The molecule has 0 aliphatic carbocycles. The number of aryl methyl sites for hydroxylation is 1. The highest BCUT2D eigenvalue weighted by molar-refractivity contribution is 7.89. The van der Waals surface area contributed by atoms with Gasteiger partial charge in [-0.2, -0.15) is 4.31 Å². The first-order valence-electron chi connectivity index (χ1n) is 10.5. The fourth-order valence-corrected chi connectivity index (χ4v) is 6.33. The first-order valence-corrected chi connectivity index (χ1v) is 11.9. The monoisotopic (exact) mass is 422 g/mol. The lowest BCUT2D eigenvalue weighted by atomic mass is 9.71. The van der Waals surface area contributed by atoms with E-state index in [0.29, 0.717) is 63.8 Å². The minimum atomic E-state index is -3.64. The third-order valence-electron chi connectivity index (χ3n) is 6.70. The summed E-state index contributed by atoms with van der Waals surface area (Å²) in [6.07, 6.45) is 2.30. The van der Waals surface area contributed by atoms with Gasteiger partial charge < -0.3 is 14.4 Å². The van der Waals surface area contributed by atoms with Crippen molar-refractivity contribution in [3.8, 4) is 0 Å². The number of morpholine rings is 1. The lowest BCUT2D eigenvalue weighted by molar-refractivity contribution is -0.144. The fourth-order valence-electron chi connectivity index (χ4n) is 4.78. The SMILES string of the molecule is CCc1ccc(S(=O)(=O)N2C[C@@H](C(=O)N3CCOCC3)C3(CCOCC3)C2)cc1. The first kappa shape index (κ1) is 20.8. The smallest absolute Gasteiger partial charge is 0.243 e. The Balaban J connectivity index is 1.61. The highest BCUT2D eigenvalue weighted by atomic mass is 32.2. The molecule has 3 aliphatic rings. The van der Waals surface area contributed by atoms with E-state index >= 15 is 0 Å². The molecular formula is C21H30N2O5S. The van der Waals surface area contributed by atoms with Crippen LogP contribution in [0.25, 0.3) is 0 Å². The average Bonchev–Trinajstić information content (AvgIpc) is 3.13. The van der Waals surface area contributed by atoms with E-state index in [1.165, 1.54) is 4.31 Å². The van der Waals surface area contributed by atoms with Crippen LogP contribution in [0.1, 0.15) is 25.3 Å². The van der Waals surface area contributed by atoms with Gasteiger partial charge in [-0.1, -0.05) is 19.1 Å². The normalized spacial score (nSPS) is 25.4. The molecule has 3 aliphatic heterocycles. The predicted molar refractivity (Wildman–Crippen MR) is 108 cm³/mol. The minimum absolute atomic E-state index is 0.0641. The van der Waals surface area contributed by atoms with Crippen molar-refractivity contribution in [2.75, 3.05) is 52.6 Å². The summed E-state index contributed by atoms with van der Waals surface area (Å²) in [5.74, 6) is -0.261. The van der Waals surface area contributed by atoms with Crippen LogP contribution in [0.15, 0.2) is 29.2 Å². The summed E-state index contributed by atoms with van der Waals surface area (Å²) in [5, 5.41) is 0. The van der Waals surface area contributed by atoms with Crippen LogP contribution in [0, 0.1) is 11.3 Å². The van der Waals surface area contributed by atoms with E-state index in [9.17, 15) is 13.2 Å². The van der Waals surface area contributed by atoms with Crippen molar-refractivity contribution in [2.24, 2.45) is 11.3 Å². The maximum atomic E-state index is 13.4. The van der Waals surface area contributed by atoms with E-state index in [-0.39, 0.29) is 23.8 Å². The summed E-state index contributed by atoms with van der Waals surface area (Å²) in [6.45, 7) is 6.06. The maximum Gasteiger partial charge on any atom is 0.243 e. The summed E-state index contributed by atoms with van der Waals surface area (Å²) in [5.41, 5.74) is 0.760. The Kier molecular flexibility index (Phi) is 5.97. The lowest BCUT2D eigenvalue weighted by Gasteiger charge is -2.39. The third-order valence-corrected chi connectivity index (χ3v) is 8.52. The zero-order valence-corrected chi connectivity index (χ0v) is 17.8. The van der Waals surface area contributed by atoms with Gasteiger partial charge in [0.15, 0.2) is 0 Å². The van der Waals surface area contributed by atoms with E-state index in [1.807, 2.05) is 24.0 Å². The van der Waals surface area contributed by atoms with Gasteiger partial charge in [0.05, 0.1) is 24.0 Å². The van der Waals surface area contributed by atoms with Crippen molar-refractivity contribution in [3.63, 3.8) is 0 Å². The molecule has 1 amide bonds. The van der Waals surface area contributed by atoms with Crippen molar-refractivity contribution >= 4 is 15.9 Å². The molecule has 3 saturated heterocycles. The molecule has 1 spiro atoms. The van der Waals surface area contributed by atoms with E-state index < -0.39 is 10.0 Å². The third kappa shape index (κ3) is 3.95. The van der Waals surface area contributed by atoms with Crippen molar-refractivity contribution in [1.29, 1.82) is 0 Å². The van der Waals surface area contributed by atoms with Gasteiger partial charge >= 0.3 is 0 Å². The van der Waals surface area contributed by atoms with Gasteiger partial charge in [-0.15, -0.1) is 0 Å². The van der Waals surface area contributed by atoms with Gasteiger partial charge in [-0.3, -0.25) is 4.79 Å². The van der Waals surface area contributed by atoms with Crippen LogP contribution in [0.3, 0.4) is 0 Å². The molecule has 3 heterocycles. The number of hydrogen-bond donors (Lipinski definition) is 0. The van der Waals surface area contributed by atoms with Gasteiger partial charge in [-0.25, -0.2) is 8.42 Å². The number of benzene rings is 1. The van der Waals surface area contributed by atoms with Crippen LogP contribution < -0.4 is 0 Å². The van der Waals surface area contributed by atoms with Crippen LogP contribution in [-0.4, -0.2) is 76.1 Å². The number of amides is 1. The van der Waals surface area contributed by atoms with E-state index in [2.05, 4.69) is 0 Å². The molecule has 1 aromatic rings. The number of nitrogens with zero attached hydrogens (tertiary/aromatic N) is 2. The molecule has 29 heavy (non-hydrogen) atoms. The van der Waals surface area contributed by atoms with E-state index in [0.717, 1.165) is 12.0 Å². The minimum Gasteiger partial charge on any atom is -0.381 e. The molecule has 0 saturated carbocycles. The summed E-state index contributed by atoms with van der Waals surface area (Å²) < 4.78 is 39.2. The summed E-state index contributed by atoms with van der Waals surface area (Å²) in [4.78, 5) is 15.5. The van der Waals surface area contributed by atoms with Gasteiger partial charge in [0.2, 0.25) is 15.9 Å². The number of ether oxygens (including phenoxy) is 2. The molecule has 0 radical (unpaired) electrons.